The summed E-state index contributed by atoms with van der Waals surface area (Å²) < 4.78 is 0. The summed E-state index contributed by atoms with van der Waals surface area (Å²) in [4.78, 5) is 0. The van der Waals surface area contributed by atoms with E-state index in [-0.39, 0.29) is 6.71 Å². The van der Waals surface area contributed by atoms with Crippen LogP contribution in [0.5, 0.6) is 0 Å². The quantitative estimate of drug-likeness (QED) is 0.179. The maximum atomic E-state index is 2.64. The van der Waals surface area contributed by atoms with Crippen LogP contribution in [0.4, 0.5) is 0 Å². The van der Waals surface area contributed by atoms with Crippen molar-refractivity contribution in [2.45, 2.75) is 38.7 Å². The van der Waals surface area contributed by atoms with E-state index in [1.165, 1.54) is 64.4 Å². The smallest absolute Gasteiger partial charge is 0.0726 e. The van der Waals surface area contributed by atoms with Gasteiger partial charge in [0.25, 0.3) is 0 Å². The largest absolute Gasteiger partial charge is 0.241 e. The first-order chi connectivity index (χ1) is 20.3. The molecule has 0 unspecified atom stereocenters. The molecule has 2 heteroatoms. The molecule has 0 amide bonds. The predicted molar refractivity (Wildman–Crippen MR) is 182 cm³/mol. The summed E-state index contributed by atoms with van der Waals surface area (Å²) in [6, 6.07) is 56.8. The Bertz CT molecular complexity index is 1460. The van der Waals surface area contributed by atoms with E-state index in [0.29, 0.717) is 5.92 Å². The standard InChI is InChI=1S/C39H39BSi/c1-41(36-28-16-6-17-29-36,37-30-18-7-19-31-37)39(33-22-10-3-11-23-33)38(32-20-8-2-9-21-32)40(34-24-12-4-13-25-34)35-26-14-5-15-27-35/h2,4-9,12-21,24-31,33H,3,10-11,22-23H2,1H3/b39-38-. The van der Waals surface area contributed by atoms with Crippen molar-refractivity contribution >= 4 is 41.6 Å². The van der Waals surface area contributed by atoms with Crippen molar-refractivity contribution in [2.24, 2.45) is 5.92 Å². The Kier molecular flexibility index (Phi) is 8.49. The van der Waals surface area contributed by atoms with Gasteiger partial charge in [0.2, 0.25) is 6.71 Å². The highest BCUT2D eigenvalue weighted by Gasteiger charge is 2.43. The van der Waals surface area contributed by atoms with Crippen molar-refractivity contribution in [1.82, 2.24) is 0 Å². The second-order valence-corrected chi connectivity index (χ2v) is 15.6. The lowest BCUT2D eigenvalue weighted by atomic mass is 9.35. The van der Waals surface area contributed by atoms with Crippen LogP contribution in [0.25, 0.3) is 5.47 Å². The number of allylic oxidation sites excluding steroid dienone is 1. The number of rotatable bonds is 8. The van der Waals surface area contributed by atoms with Gasteiger partial charge in [-0.1, -0.05) is 199 Å². The molecule has 5 aromatic carbocycles. The van der Waals surface area contributed by atoms with Crippen molar-refractivity contribution in [3.05, 3.63) is 162 Å². The third kappa shape index (κ3) is 5.67. The van der Waals surface area contributed by atoms with Crippen LogP contribution >= 0.6 is 0 Å². The Morgan fingerprint density at radius 1 is 0.512 bits per heavy atom. The van der Waals surface area contributed by atoms with Gasteiger partial charge < -0.3 is 0 Å². The molecule has 0 spiro atoms. The van der Waals surface area contributed by atoms with Crippen molar-refractivity contribution in [1.29, 1.82) is 0 Å². The van der Waals surface area contributed by atoms with Crippen LogP contribution in [0.1, 0.15) is 37.7 Å². The second kappa shape index (κ2) is 12.7. The minimum atomic E-state index is -2.41. The average Bonchev–Trinajstić information content (AvgIpc) is 3.07. The van der Waals surface area contributed by atoms with E-state index in [1.54, 1.807) is 5.20 Å². The summed E-state index contributed by atoms with van der Waals surface area (Å²) in [6.45, 7) is 2.79. The van der Waals surface area contributed by atoms with E-state index in [2.05, 4.69) is 158 Å². The Balaban J connectivity index is 1.77. The molecule has 5 aromatic rings. The lowest BCUT2D eigenvalue weighted by molar-refractivity contribution is 0.413. The zero-order valence-corrected chi connectivity index (χ0v) is 25.1. The fourth-order valence-electron chi connectivity index (χ4n) is 7.22. The van der Waals surface area contributed by atoms with Crippen LogP contribution < -0.4 is 21.3 Å². The van der Waals surface area contributed by atoms with Gasteiger partial charge in [-0.25, -0.2) is 0 Å². The maximum absolute atomic E-state index is 2.64. The third-order valence-electron chi connectivity index (χ3n) is 9.18. The zero-order chi connectivity index (χ0) is 27.9. The Morgan fingerprint density at radius 3 is 1.34 bits per heavy atom. The molecule has 0 aliphatic heterocycles. The molecule has 0 heterocycles. The van der Waals surface area contributed by atoms with E-state index < -0.39 is 8.07 Å². The molecule has 202 valence electrons. The van der Waals surface area contributed by atoms with E-state index in [9.17, 15) is 0 Å². The predicted octanol–water partition coefficient (Wildman–Crippen LogP) is 7.30. The molecule has 1 aliphatic rings. The fourth-order valence-corrected chi connectivity index (χ4v) is 11.8. The van der Waals surface area contributed by atoms with Gasteiger partial charge in [0, 0.05) is 0 Å². The molecule has 1 aliphatic carbocycles. The SMILES string of the molecule is C[Si](/C(=C(\B(c1ccccc1)c1ccccc1)c1ccccc1)C1CCCCC1)(c1ccccc1)c1ccccc1. The fraction of sp³-hybridized carbons (Fsp3) is 0.179. The molecule has 0 radical (unpaired) electrons. The summed E-state index contributed by atoms with van der Waals surface area (Å²) in [5, 5.41) is 4.72. The second-order valence-electron chi connectivity index (χ2n) is 11.6. The Morgan fingerprint density at radius 2 is 0.902 bits per heavy atom. The van der Waals surface area contributed by atoms with Crippen LogP contribution in [0.2, 0.25) is 6.55 Å². The molecule has 0 bridgehead atoms. The molecule has 0 N–H and O–H groups in total. The minimum absolute atomic E-state index is 0.149. The lowest BCUT2D eigenvalue weighted by Gasteiger charge is -2.41. The van der Waals surface area contributed by atoms with Crippen LogP contribution in [0, 0.1) is 5.92 Å². The average molecular weight is 547 g/mol. The van der Waals surface area contributed by atoms with Crippen LogP contribution in [-0.2, 0) is 0 Å². The number of benzene rings is 5. The molecule has 1 fully saturated rings. The van der Waals surface area contributed by atoms with Gasteiger partial charge in [-0.2, -0.15) is 0 Å². The summed E-state index contributed by atoms with van der Waals surface area (Å²) in [7, 11) is -2.41. The summed E-state index contributed by atoms with van der Waals surface area (Å²) in [5.74, 6) is 0.561. The molecule has 0 aromatic heterocycles. The Labute approximate surface area is 247 Å². The highest BCUT2D eigenvalue weighted by molar-refractivity contribution is 7.10. The molecular formula is C39H39BSi. The van der Waals surface area contributed by atoms with Gasteiger partial charge in [-0.3, -0.25) is 0 Å². The number of hydrogen-bond donors (Lipinski definition) is 0. The van der Waals surface area contributed by atoms with Gasteiger partial charge in [-0.15, -0.1) is 0 Å². The first-order valence-electron chi connectivity index (χ1n) is 15.3. The maximum Gasteiger partial charge on any atom is 0.241 e. The molecule has 6 rings (SSSR count). The van der Waals surface area contributed by atoms with Crippen LogP contribution in [0.15, 0.2) is 157 Å². The molecule has 1 saturated carbocycles. The normalized spacial score (nSPS) is 14.8. The van der Waals surface area contributed by atoms with E-state index in [4.69, 9.17) is 0 Å². The van der Waals surface area contributed by atoms with Gasteiger partial charge in [0.05, 0.1) is 0 Å². The summed E-state index contributed by atoms with van der Waals surface area (Å²) >= 11 is 0. The lowest BCUT2D eigenvalue weighted by Crippen LogP contribution is -2.60. The topological polar surface area (TPSA) is 0 Å². The van der Waals surface area contributed by atoms with Crippen molar-refractivity contribution in [2.75, 3.05) is 0 Å². The highest BCUT2D eigenvalue weighted by Crippen LogP contribution is 2.40. The molecule has 41 heavy (non-hydrogen) atoms. The highest BCUT2D eigenvalue weighted by atomic mass is 28.3. The Hall–Kier alpha value is -3.88. The van der Waals surface area contributed by atoms with E-state index in [0.717, 1.165) is 0 Å². The summed E-state index contributed by atoms with van der Waals surface area (Å²) in [6.07, 6.45) is 6.51. The molecule has 0 saturated heterocycles. The van der Waals surface area contributed by atoms with Gasteiger partial charge >= 0.3 is 0 Å². The number of hydrogen-bond acceptors (Lipinski definition) is 0. The van der Waals surface area contributed by atoms with Crippen molar-refractivity contribution < 1.29 is 0 Å². The van der Waals surface area contributed by atoms with E-state index >= 15 is 0 Å². The monoisotopic (exact) mass is 546 g/mol. The van der Waals surface area contributed by atoms with Gasteiger partial charge in [0.1, 0.15) is 8.07 Å². The van der Waals surface area contributed by atoms with Gasteiger partial charge in [0.15, 0.2) is 0 Å². The van der Waals surface area contributed by atoms with Gasteiger partial charge in [-0.05, 0) is 34.7 Å². The first kappa shape index (κ1) is 27.3. The molecule has 0 nitrogen and oxygen atoms in total. The molecule has 0 atom stereocenters. The van der Waals surface area contributed by atoms with Crippen LogP contribution in [-0.4, -0.2) is 14.8 Å². The first-order valence-corrected chi connectivity index (χ1v) is 17.8. The summed E-state index contributed by atoms with van der Waals surface area (Å²) in [5.41, 5.74) is 5.61. The van der Waals surface area contributed by atoms with E-state index in [1.807, 2.05) is 0 Å². The zero-order valence-electron chi connectivity index (χ0n) is 24.1. The third-order valence-corrected chi connectivity index (χ3v) is 13.9. The van der Waals surface area contributed by atoms with Crippen molar-refractivity contribution in [3.8, 4) is 0 Å². The van der Waals surface area contributed by atoms with Crippen molar-refractivity contribution in [3.63, 3.8) is 0 Å². The minimum Gasteiger partial charge on any atom is -0.0726 e. The molecular weight excluding hydrogens is 507 g/mol. The van der Waals surface area contributed by atoms with Crippen LogP contribution in [0.3, 0.4) is 0 Å².